The van der Waals surface area contributed by atoms with E-state index in [9.17, 15) is 5.11 Å². The van der Waals surface area contributed by atoms with Gasteiger partial charge in [-0.15, -0.1) is 0 Å². The minimum Gasteiger partial charge on any atom is -0.393 e. The van der Waals surface area contributed by atoms with Crippen LogP contribution < -0.4 is 10.6 Å². The van der Waals surface area contributed by atoms with E-state index in [1.54, 1.807) is 0 Å². The molecule has 0 amide bonds. The topological polar surface area (TPSA) is 44.3 Å². The van der Waals surface area contributed by atoms with Crippen molar-refractivity contribution in [2.75, 3.05) is 26.2 Å². The van der Waals surface area contributed by atoms with Crippen molar-refractivity contribution in [3.8, 4) is 0 Å². The molecule has 2 heterocycles. The molecule has 3 atom stereocenters. The predicted octanol–water partition coefficient (Wildman–Crippen LogP) is 1.37. The fourth-order valence-electron chi connectivity index (χ4n) is 3.63. The van der Waals surface area contributed by atoms with Gasteiger partial charge in [0.25, 0.3) is 0 Å². The quantitative estimate of drug-likeness (QED) is 0.695. The lowest BCUT2D eigenvalue weighted by molar-refractivity contribution is 0.00425. The van der Waals surface area contributed by atoms with Crippen molar-refractivity contribution in [1.82, 2.24) is 10.6 Å². The summed E-state index contributed by atoms with van der Waals surface area (Å²) in [5.41, 5.74) is 0. The Labute approximate surface area is 105 Å². The summed E-state index contributed by atoms with van der Waals surface area (Å²) in [6, 6.07) is 0. The number of aliphatic hydroxyl groups is 1. The lowest BCUT2D eigenvalue weighted by atomic mass is 9.75. The number of hydrogen-bond donors (Lipinski definition) is 3. The molecule has 0 aromatic heterocycles. The maximum atomic E-state index is 10.6. The standard InChI is InChI=1S/C14H28N2O/c1-2-13(12-4-3-7-16-10-12)14(17)11-5-8-15-9-6-11/h11-17H,2-10H2,1H3. The third-order valence-electron chi connectivity index (χ3n) is 4.72. The van der Waals surface area contributed by atoms with Gasteiger partial charge in [-0.3, -0.25) is 0 Å². The van der Waals surface area contributed by atoms with Crippen molar-refractivity contribution in [2.45, 2.75) is 45.1 Å². The molecule has 2 aliphatic rings. The van der Waals surface area contributed by atoms with Crippen molar-refractivity contribution in [3.63, 3.8) is 0 Å². The first-order valence-electron chi connectivity index (χ1n) is 7.42. The third kappa shape index (κ3) is 3.43. The normalized spacial score (nSPS) is 31.1. The van der Waals surface area contributed by atoms with Gasteiger partial charge < -0.3 is 15.7 Å². The highest BCUT2D eigenvalue weighted by atomic mass is 16.3. The van der Waals surface area contributed by atoms with E-state index >= 15 is 0 Å². The Morgan fingerprint density at radius 3 is 2.41 bits per heavy atom. The van der Waals surface area contributed by atoms with E-state index in [0.717, 1.165) is 45.4 Å². The Hall–Kier alpha value is -0.120. The maximum Gasteiger partial charge on any atom is 0.0600 e. The van der Waals surface area contributed by atoms with Gasteiger partial charge in [-0.25, -0.2) is 0 Å². The lowest BCUT2D eigenvalue weighted by Gasteiger charge is -2.38. The van der Waals surface area contributed by atoms with Crippen molar-refractivity contribution >= 4 is 0 Å². The van der Waals surface area contributed by atoms with Crippen LogP contribution in [0.3, 0.4) is 0 Å². The summed E-state index contributed by atoms with van der Waals surface area (Å²) >= 11 is 0. The second kappa shape index (κ2) is 6.72. The van der Waals surface area contributed by atoms with Crippen molar-refractivity contribution in [3.05, 3.63) is 0 Å². The first-order valence-corrected chi connectivity index (χ1v) is 7.42. The molecule has 2 rings (SSSR count). The Kier molecular flexibility index (Phi) is 5.26. The highest BCUT2D eigenvalue weighted by Gasteiger charge is 2.33. The summed E-state index contributed by atoms with van der Waals surface area (Å²) in [4.78, 5) is 0. The van der Waals surface area contributed by atoms with Crippen LogP contribution in [0.4, 0.5) is 0 Å². The van der Waals surface area contributed by atoms with Crippen LogP contribution >= 0.6 is 0 Å². The Morgan fingerprint density at radius 1 is 1.06 bits per heavy atom. The molecule has 0 radical (unpaired) electrons. The summed E-state index contributed by atoms with van der Waals surface area (Å²) in [5.74, 6) is 1.73. The molecule has 17 heavy (non-hydrogen) atoms. The zero-order valence-electron chi connectivity index (χ0n) is 11.1. The molecule has 2 aliphatic heterocycles. The van der Waals surface area contributed by atoms with Crippen LogP contribution in [0.5, 0.6) is 0 Å². The number of aliphatic hydroxyl groups excluding tert-OH is 1. The first kappa shape index (κ1) is 13.3. The fourth-order valence-corrected chi connectivity index (χ4v) is 3.63. The summed E-state index contributed by atoms with van der Waals surface area (Å²) in [5, 5.41) is 17.5. The van der Waals surface area contributed by atoms with Gasteiger partial charge in [0.2, 0.25) is 0 Å². The molecule has 2 fully saturated rings. The third-order valence-corrected chi connectivity index (χ3v) is 4.72. The summed E-state index contributed by atoms with van der Waals surface area (Å²) < 4.78 is 0. The molecule has 100 valence electrons. The minimum absolute atomic E-state index is 0.0769. The average Bonchev–Trinajstić information content (AvgIpc) is 2.42. The van der Waals surface area contributed by atoms with Crippen molar-refractivity contribution in [2.24, 2.45) is 17.8 Å². The van der Waals surface area contributed by atoms with Crippen LogP contribution in [-0.4, -0.2) is 37.4 Å². The van der Waals surface area contributed by atoms with E-state index < -0.39 is 0 Å². The molecule has 0 aromatic rings. The van der Waals surface area contributed by atoms with Crippen LogP contribution in [-0.2, 0) is 0 Å². The number of hydrogen-bond acceptors (Lipinski definition) is 3. The van der Waals surface area contributed by atoms with Gasteiger partial charge in [0.15, 0.2) is 0 Å². The Bertz CT molecular complexity index is 210. The molecule has 0 aromatic carbocycles. The van der Waals surface area contributed by atoms with E-state index in [0.29, 0.717) is 17.8 Å². The Balaban J connectivity index is 1.90. The van der Waals surface area contributed by atoms with Gasteiger partial charge in [-0.05, 0) is 69.6 Å². The largest absolute Gasteiger partial charge is 0.393 e. The van der Waals surface area contributed by atoms with Crippen LogP contribution in [0.15, 0.2) is 0 Å². The average molecular weight is 240 g/mol. The van der Waals surface area contributed by atoms with Gasteiger partial charge >= 0.3 is 0 Å². The van der Waals surface area contributed by atoms with Gasteiger partial charge in [-0.2, -0.15) is 0 Å². The molecule has 0 bridgehead atoms. The smallest absolute Gasteiger partial charge is 0.0600 e. The van der Waals surface area contributed by atoms with E-state index in [-0.39, 0.29) is 6.10 Å². The first-order chi connectivity index (χ1) is 8.33. The number of rotatable bonds is 4. The molecule has 3 nitrogen and oxygen atoms in total. The minimum atomic E-state index is -0.0769. The molecule has 3 unspecified atom stereocenters. The highest BCUT2D eigenvalue weighted by molar-refractivity contribution is 4.85. The molecule has 0 aliphatic carbocycles. The summed E-state index contributed by atoms with van der Waals surface area (Å²) in [6.07, 6.45) is 5.92. The van der Waals surface area contributed by atoms with E-state index in [2.05, 4.69) is 17.6 Å². The molecule has 3 heteroatoms. The monoisotopic (exact) mass is 240 g/mol. The number of nitrogens with one attached hydrogen (secondary N) is 2. The molecular weight excluding hydrogens is 212 g/mol. The van der Waals surface area contributed by atoms with E-state index in [4.69, 9.17) is 0 Å². The zero-order chi connectivity index (χ0) is 12.1. The molecular formula is C14H28N2O. The van der Waals surface area contributed by atoms with Gasteiger partial charge in [0.1, 0.15) is 0 Å². The molecule has 0 saturated carbocycles. The molecule has 0 spiro atoms. The summed E-state index contributed by atoms with van der Waals surface area (Å²) in [7, 11) is 0. The van der Waals surface area contributed by atoms with Gasteiger partial charge in [0, 0.05) is 0 Å². The predicted molar refractivity (Wildman–Crippen MR) is 71.0 cm³/mol. The summed E-state index contributed by atoms with van der Waals surface area (Å²) in [6.45, 7) is 6.68. The van der Waals surface area contributed by atoms with Crippen LogP contribution in [0.1, 0.15) is 39.0 Å². The Morgan fingerprint density at radius 2 is 1.82 bits per heavy atom. The second-order valence-corrected chi connectivity index (χ2v) is 5.76. The van der Waals surface area contributed by atoms with E-state index in [1.807, 2.05) is 0 Å². The van der Waals surface area contributed by atoms with E-state index in [1.165, 1.54) is 12.8 Å². The van der Waals surface area contributed by atoms with Crippen LogP contribution in [0.2, 0.25) is 0 Å². The lowest BCUT2D eigenvalue weighted by Crippen LogP contribution is -2.43. The van der Waals surface area contributed by atoms with Gasteiger partial charge in [-0.1, -0.05) is 13.3 Å². The fraction of sp³-hybridized carbons (Fsp3) is 1.00. The maximum absolute atomic E-state index is 10.6. The second-order valence-electron chi connectivity index (χ2n) is 5.76. The van der Waals surface area contributed by atoms with Gasteiger partial charge in [0.05, 0.1) is 6.10 Å². The van der Waals surface area contributed by atoms with Crippen LogP contribution in [0, 0.1) is 17.8 Å². The number of piperidine rings is 2. The van der Waals surface area contributed by atoms with Crippen LogP contribution in [0.25, 0.3) is 0 Å². The highest BCUT2D eigenvalue weighted by Crippen LogP contribution is 2.32. The molecule has 3 N–H and O–H groups in total. The SMILES string of the molecule is CCC(C1CCCNC1)C(O)C1CCNCC1. The molecule has 2 saturated heterocycles. The van der Waals surface area contributed by atoms with Crippen molar-refractivity contribution in [1.29, 1.82) is 0 Å². The zero-order valence-corrected chi connectivity index (χ0v) is 11.1. The van der Waals surface area contributed by atoms with Crippen molar-refractivity contribution < 1.29 is 5.11 Å².